The SMILES string of the molecule is O=C(O)[C@H](Cc1c[nH]c2ccccc12)N1C(=O)/C(=C/c2ccc(N(CCCl)CCCl)cc2)SC1=S. The van der Waals surface area contributed by atoms with Gasteiger partial charge >= 0.3 is 5.97 Å². The molecule has 0 radical (unpaired) electrons. The molecule has 0 unspecified atom stereocenters. The Balaban J connectivity index is 1.55. The maximum atomic E-state index is 13.2. The predicted molar refractivity (Wildman–Crippen MR) is 149 cm³/mol. The number of rotatable bonds is 10. The first kappa shape index (κ1) is 25.6. The Morgan fingerprint density at radius 1 is 1.14 bits per heavy atom. The number of nitrogens with one attached hydrogen (secondary N) is 1. The Bertz CT molecular complexity index is 1270. The summed E-state index contributed by atoms with van der Waals surface area (Å²) in [6.07, 6.45) is 3.67. The summed E-state index contributed by atoms with van der Waals surface area (Å²) in [5.41, 5.74) is 3.53. The molecule has 1 amide bonds. The zero-order chi connectivity index (χ0) is 24.9. The number of carbonyl (C=O) groups excluding carboxylic acids is 1. The van der Waals surface area contributed by atoms with Gasteiger partial charge in [0.15, 0.2) is 0 Å². The number of H-pyrrole nitrogens is 1. The third kappa shape index (κ3) is 5.67. The van der Waals surface area contributed by atoms with Crippen LogP contribution in [0, 0.1) is 0 Å². The molecule has 0 spiro atoms. The van der Waals surface area contributed by atoms with Crippen molar-refractivity contribution in [2.75, 3.05) is 29.7 Å². The number of nitrogens with zero attached hydrogens (tertiary/aromatic N) is 2. The predicted octanol–water partition coefficient (Wildman–Crippen LogP) is 5.35. The minimum atomic E-state index is -1.10. The molecule has 4 rings (SSSR count). The molecule has 10 heteroatoms. The number of alkyl halides is 2. The van der Waals surface area contributed by atoms with Crippen LogP contribution in [0.5, 0.6) is 0 Å². The summed E-state index contributed by atoms with van der Waals surface area (Å²) in [6.45, 7) is 1.36. The minimum absolute atomic E-state index is 0.144. The zero-order valence-electron chi connectivity index (χ0n) is 18.6. The van der Waals surface area contributed by atoms with Crippen LogP contribution < -0.4 is 4.90 Å². The summed E-state index contributed by atoms with van der Waals surface area (Å²) in [4.78, 5) is 32.3. The Morgan fingerprint density at radius 3 is 2.49 bits per heavy atom. The van der Waals surface area contributed by atoms with E-state index in [4.69, 9.17) is 35.4 Å². The van der Waals surface area contributed by atoms with E-state index in [0.717, 1.165) is 39.5 Å². The van der Waals surface area contributed by atoms with Gasteiger partial charge in [-0.3, -0.25) is 9.69 Å². The highest BCUT2D eigenvalue weighted by molar-refractivity contribution is 8.26. The Kier molecular flexibility index (Phi) is 8.38. The van der Waals surface area contributed by atoms with E-state index in [0.29, 0.717) is 29.8 Å². The Labute approximate surface area is 222 Å². The lowest BCUT2D eigenvalue weighted by molar-refractivity contribution is -0.145. The molecule has 1 fully saturated rings. The van der Waals surface area contributed by atoms with Crippen LogP contribution in [-0.2, 0) is 16.0 Å². The number of para-hydroxylation sites is 1. The van der Waals surface area contributed by atoms with Crippen LogP contribution in [-0.4, -0.2) is 62.1 Å². The van der Waals surface area contributed by atoms with Gasteiger partial charge in [-0.1, -0.05) is 54.3 Å². The quantitative estimate of drug-likeness (QED) is 0.202. The second-order valence-corrected chi connectivity index (χ2v) is 10.4. The van der Waals surface area contributed by atoms with Crippen LogP contribution in [0.2, 0.25) is 0 Å². The Morgan fingerprint density at radius 2 is 1.83 bits per heavy atom. The normalized spacial score (nSPS) is 15.8. The van der Waals surface area contributed by atoms with Crippen LogP contribution >= 0.6 is 47.2 Å². The van der Waals surface area contributed by atoms with Crippen LogP contribution in [0.3, 0.4) is 0 Å². The molecule has 35 heavy (non-hydrogen) atoms. The van der Waals surface area contributed by atoms with E-state index in [1.165, 1.54) is 4.90 Å². The smallest absolute Gasteiger partial charge is 0.327 e. The van der Waals surface area contributed by atoms with Crippen molar-refractivity contribution in [3.63, 3.8) is 0 Å². The van der Waals surface area contributed by atoms with E-state index >= 15 is 0 Å². The van der Waals surface area contributed by atoms with Crippen LogP contribution in [0.15, 0.2) is 59.6 Å². The van der Waals surface area contributed by atoms with Gasteiger partial charge in [0.05, 0.1) is 4.91 Å². The number of halogens is 2. The van der Waals surface area contributed by atoms with Crippen molar-refractivity contribution in [3.8, 4) is 0 Å². The van der Waals surface area contributed by atoms with Crippen molar-refractivity contribution in [2.45, 2.75) is 12.5 Å². The zero-order valence-corrected chi connectivity index (χ0v) is 21.8. The number of carboxylic acid groups (broad SMARTS) is 1. The molecule has 1 aliphatic rings. The van der Waals surface area contributed by atoms with Gasteiger partial charge in [-0.2, -0.15) is 0 Å². The maximum Gasteiger partial charge on any atom is 0.327 e. The first-order chi connectivity index (χ1) is 16.9. The number of aromatic amines is 1. The standard InChI is InChI=1S/C25H23Cl2N3O3S2/c26-9-11-29(12-10-27)18-7-5-16(6-8-18)13-22-23(31)30(25(34)35-22)21(24(32)33)14-17-15-28-20-4-2-1-3-19(17)20/h1-8,13,15,21,28H,9-12,14H2,(H,32,33)/b22-13-/t21-/m0/s1. The highest BCUT2D eigenvalue weighted by atomic mass is 35.5. The molecule has 2 aromatic carbocycles. The van der Waals surface area contributed by atoms with Crippen LogP contribution in [0.25, 0.3) is 17.0 Å². The number of aromatic nitrogens is 1. The molecule has 0 saturated carbocycles. The highest BCUT2D eigenvalue weighted by Crippen LogP contribution is 2.35. The fourth-order valence-electron chi connectivity index (χ4n) is 4.05. The lowest BCUT2D eigenvalue weighted by Gasteiger charge is -2.23. The number of thioether (sulfide) groups is 1. The number of carboxylic acids is 1. The number of hydrogen-bond donors (Lipinski definition) is 2. The molecule has 182 valence electrons. The highest BCUT2D eigenvalue weighted by Gasteiger charge is 2.40. The van der Waals surface area contributed by atoms with E-state index in [1.54, 1.807) is 12.3 Å². The number of amides is 1. The lowest BCUT2D eigenvalue weighted by atomic mass is 10.0. The van der Waals surface area contributed by atoms with Crippen molar-refractivity contribution >= 4 is 86.0 Å². The number of anilines is 1. The largest absolute Gasteiger partial charge is 0.480 e. The Hall–Kier alpha value is -2.52. The number of hydrogen-bond acceptors (Lipinski definition) is 5. The lowest BCUT2D eigenvalue weighted by Crippen LogP contribution is -2.45. The summed E-state index contributed by atoms with van der Waals surface area (Å²) >= 11 is 18.3. The molecule has 3 aromatic rings. The molecule has 2 N–H and O–H groups in total. The number of benzene rings is 2. The van der Waals surface area contributed by atoms with Crippen LogP contribution in [0.1, 0.15) is 11.1 Å². The summed E-state index contributed by atoms with van der Waals surface area (Å²) in [5, 5.41) is 10.9. The van der Waals surface area contributed by atoms with Crippen LogP contribution in [0.4, 0.5) is 5.69 Å². The fraction of sp³-hybridized carbons (Fsp3) is 0.240. The molecule has 1 aromatic heterocycles. The third-order valence-corrected chi connectivity index (χ3v) is 7.44. The molecule has 1 aliphatic heterocycles. The van der Waals surface area contributed by atoms with E-state index in [9.17, 15) is 14.7 Å². The van der Waals surface area contributed by atoms with Gasteiger partial charge in [0.25, 0.3) is 5.91 Å². The maximum absolute atomic E-state index is 13.2. The van der Waals surface area contributed by atoms with E-state index in [2.05, 4.69) is 9.88 Å². The monoisotopic (exact) mass is 547 g/mol. The fourth-order valence-corrected chi connectivity index (χ4v) is 5.82. The first-order valence-corrected chi connectivity index (χ1v) is 13.2. The molecule has 6 nitrogen and oxygen atoms in total. The summed E-state index contributed by atoms with van der Waals surface area (Å²) < 4.78 is 0.237. The molecule has 1 saturated heterocycles. The number of carbonyl (C=O) groups is 2. The summed E-state index contributed by atoms with van der Waals surface area (Å²) in [5.74, 6) is -0.521. The molecule has 2 heterocycles. The topological polar surface area (TPSA) is 76.6 Å². The average Bonchev–Trinajstić information content (AvgIpc) is 3.38. The van der Waals surface area contributed by atoms with Crippen molar-refractivity contribution in [2.24, 2.45) is 0 Å². The second-order valence-electron chi connectivity index (χ2n) is 7.93. The number of fused-ring (bicyclic) bond motifs is 1. The molecule has 0 bridgehead atoms. The number of thiocarbonyl (C=S) groups is 1. The van der Waals surface area contributed by atoms with Crippen molar-refractivity contribution in [3.05, 3.63) is 70.8 Å². The van der Waals surface area contributed by atoms with Gasteiger partial charge in [-0.05, 0) is 35.4 Å². The van der Waals surface area contributed by atoms with Gasteiger partial charge in [0.1, 0.15) is 10.4 Å². The molecular formula is C25H23Cl2N3O3S2. The van der Waals surface area contributed by atoms with Gasteiger partial charge in [0, 0.05) is 54.1 Å². The molecular weight excluding hydrogens is 525 g/mol. The average molecular weight is 549 g/mol. The third-order valence-electron chi connectivity index (χ3n) is 5.77. The summed E-state index contributed by atoms with van der Waals surface area (Å²) in [6, 6.07) is 14.2. The van der Waals surface area contributed by atoms with Gasteiger partial charge in [-0.25, -0.2) is 4.79 Å². The second kappa shape index (κ2) is 11.5. The van der Waals surface area contributed by atoms with Crippen molar-refractivity contribution in [1.29, 1.82) is 0 Å². The van der Waals surface area contributed by atoms with Gasteiger partial charge in [0.2, 0.25) is 0 Å². The van der Waals surface area contributed by atoms with Crippen molar-refractivity contribution in [1.82, 2.24) is 9.88 Å². The summed E-state index contributed by atoms with van der Waals surface area (Å²) in [7, 11) is 0. The molecule has 1 atom stereocenters. The van der Waals surface area contributed by atoms with E-state index in [1.807, 2.05) is 48.5 Å². The van der Waals surface area contributed by atoms with Gasteiger partial charge < -0.3 is 15.0 Å². The minimum Gasteiger partial charge on any atom is -0.480 e. The van der Waals surface area contributed by atoms with Crippen molar-refractivity contribution < 1.29 is 14.7 Å². The van der Waals surface area contributed by atoms with Gasteiger partial charge in [-0.15, -0.1) is 23.2 Å². The number of aliphatic carboxylic acids is 1. The van der Waals surface area contributed by atoms with E-state index < -0.39 is 17.9 Å². The van der Waals surface area contributed by atoms with E-state index in [-0.39, 0.29) is 10.7 Å². The first-order valence-electron chi connectivity index (χ1n) is 10.9. The molecule has 0 aliphatic carbocycles.